The van der Waals surface area contributed by atoms with Crippen molar-refractivity contribution in [2.45, 2.75) is 31.8 Å². The predicted molar refractivity (Wildman–Crippen MR) is 102 cm³/mol. The zero-order chi connectivity index (χ0) is 18.6. The lowest BCUT2D eigenvalue weighted by Crippen LogP contribution is -2.41. The van der Waals surface area contributed by atoms with Gasteiger partial charge in [0, 0.05) is 43.5 Å². The second-order valence-corrected chi connectivity index (χ2v) is 7.12. The van der Waals surface area contributed by atoms with E-state index in [1.807, 2.05) is 41.3 Å². The molecule has 6 heteroatoms. The standard InChI is InChI=1S/C21H23N3O3/c25-20(15-6-7-15)23-17-8-9-19(22-14-17)27-18-10-12-24(13-11-18)21(26)16-4-2-1-3-5-16/h1-5,8-9,14-15,18H,6-7,10-13H2,(H,23,25). The minimum Gasteiger partial charge on any atom is -0.474 e. The van der Waals surface area contributed by atoms with E-state index in [2.05, 4.69) is 10.3 Å². The topological polar surface area (TPSA) is 71.5 Å². The summed E-state index contributed by atoms with van der Waals surface area (Å²) in [6.45, 7) is 1.35. The van der Waals surface area contributed by atoms with E-state index in [9.17, 15) is 9.59 Å². The summed E-state index contributed by atoms with van der Waals surface area (Å²) in [7, 11) is 0. The van der Waals surface area contributed by atoms with Gasteiger partial charge in [-0.3, -0.25) is 9.59 Å². The molecule has 2 aromatic rings. The summed E-state index contributed by atoms with van der Waals surface area (Å²) in [6.07, 6.45) is 5.19. The number of hydrogen-bond acceptors (Lipinski definition) is 4. The first kappa shape index (κ1) is 17.5. The molecule has 1 aliphatic heterocycles. The van der Waals surface area contributed by atoms with Crippen molar-refractivity contribution in [1.82, 2.24) is 9.88 Å². The molecule has 2 amide bonds. The Hall–Kier alpha value is -2.89. The van der Waals surface area contributed by atoms with Crippen LogP contribution in [0.4, 0.5) is 5.69 Å². The number of nitrogens with zero attached hydrogens (tertiary/aromatic N) is 2. The van der Waals surface area contributed by atoms with E-state index in [1.165, 1.54) is 0 Å². The SMILES string of the molecule is O=C(Nc1ccc(OC2CCN(C(=O)c3ccccc3)CC2)nc1)C1CC1. The Morgan fingerprint density at radius 3 is 2.37 bits per heavy atom. The maximum Gasteiger partial charge on any atom is 0.253 e. The van der Waals surface area contributed by atoms with Gasteiger partial charge in [-0.05, 0) is 31.0 Å². The molecule has 1 N–H and O–H groups in total. The molecule has 140 valence electrons. The fraction of sp³-hybridized carbons (Fsp3) is 0.381. The minimum absolute atomic E-state index is 0.0456. The van der Waals surface area contributed by atoms with Gasteiger partial charge in [-0.15, -0.1) is 0 Å². The van der Waals surface area contributed by atoms with Gasteiger partial charge in [0.15, 0.2) is 0 Å². The quantitative estimate of drug-likeness (QED) is 0.884. The van der Waals surface area contributed by atoms with E-state index in [0.717, 1.165) is 31.2 Å². The molecule has 0 unspecified atom stereocenters. The van der Waals surface area contributed by atoms with Crippen molar-refractivity contribution < 1.29 is 14.3 Å². The second kappa shape index (κ2) is 7.78. The van der Waals surface area contributed by atoms with Gasteiger partial charge in [-0.25, -0.2) is 4.98 Å². The molecule has 0 atom stereocenters. The number of piperidine rings is 1. The van der Waals surface area contributed by atoms with E-state index < -0.39 is 0 Å². The van der Waals surface area contributed by atoms with Gasteiger partial charge >= 0.3 is 0 Å². The van der Waals surface area contributed by atoms with Gasteiger partial charge in [-0.2, -0.15) is 0 Å². The third-order valence-corrected chi connectivity index (χ3v) is 4.99. The molecule has 1 saturated heterocycles. The Labute approximate surface area is 158 Å². The van der Waals surface area contributed by atoms with Gasteiger partial charge in [-0.1, -0.05) is 18.2 Å². The fourth-order valence-corrected chi connectivity index (χ4v) is 3.22. The highest BCUT2D eigenvalue weighted by Crippen LogP contribution is 2.30. The smallest absolute Gasteiger partial charge is 0.253 e. The van der Waals surface area contributed by atoms with Crippen LogP contribution >= 0.6 is 0 Å². The second-order valence-electron chi connectivity index (χ2n) is 7.12. The summed E-state index contributed by atoms with van der Waals surface area (Å²) >= 11 is 0. The van der Waals surface area contributed by atoms with Crippen LogP contribution in [0, 0.1) is 5.92 Å². The maximum absolute atomic E-state index is 12.5. The molecule has 1 aliphatic carbocycles. The molecule has 0 radical (unpaired) electrons. The Bertz CT molecular complexity index is 795. The molecule has 1 aromatic heterocycles. The first-order valence-electron chi connectivity index (χ1n) is 9.47. The molecule has 0 spiro atoms. The molecular weight excluding hydrogens is 342 g/mol. The van der Waals surface area contributed by atoms with Crippen molar-refractivity contribution in [2.75, 3.05) is 18.4 Å². The Kier molecular flexibility index (Phi) is 5.05. The van der Waals surface area contributed by atoms with Crippen LogP contribution in [0.5, 0.6) is 5.88 Å². The van der Waals surface area contributed by atoms with Crippen LogP contribution in [-0.2, 0) is 4.79 Å². The van der Waals surface area contributed by atoms with Crippen molar-refractivity contribution in [3.8, 4) is 5.88 Å². The summed E-state index contributed by atoms with van der Waals surface area (Å²) in [5.74, 6) is 0.862. The van der Waals surface area contributed by atoms with E-state index in [4.69, 9.17) is 4.74 Å². The van der Waals surface area contributed by atoms with Gasteiger partial charge < -0.3 is 15.0 Å². The zero-order valence-electron chi connectivity index (χ0n) is 15.1. The third kappa shape index (κ3) is 4.45. The number of likely N-dealkylation sites (tertiary alicyclic amines) is 1. The molecular formula is C21H23N3O3. The average Bonchev–Trinajstić information content (AvgIpc) is 3.56. The first-order chi connectivity index (χ1) is 13.2. The van der Waals surface area contributed by atoms with E-state index >= 15 is 0 Å². The maximum atomic E-state index is 12.5. The van der Waals surface area contributed by atoms with Crippen LogP contribution in [0.25, 0.3) is 0 Å². The highest BCUT2D eigenvalue weighted by molar-refractivity contribution is 5.94. The first-order valence-corrected chi connectivity index (χ1v) is 9.47. The van der Waals surface area contributed by atoms with Crippen molar-refractivity contribution in [3.05, 3.63) is 54.2 Å². The van der Waals surface area contributed by atoms with Crippen LogP contribution in [0.2, 0.25) is 0 Å². The number of ether oxygens (including phenoxy) is 1. The van der Waals surface area contributed by atoms with Crippen LogP contribution in [-0.4, -0.2) is 40.9 Å². The lowest BCUT2D eigenvalue weighted by Gasteiger charge is -2.32. The molecule has 27 heavy (non-hydrogen) atoms. The summed E-state index contributed by atoms with van der Waals surface area (Å²) in [4.78, 5) is 30.4. The van der Waals surface area contributed by atoms with Crippen molar-refractivity contribution >= 4 is 17.5 Å². The highest BCUT2D eigenvalue weighted by atomic mass is 16.5. The number of aromatic nitrogens is 1. The number of benzene rings is 1. The number of carbonyl (C=O) groups is 2. The molecule has 1 saturated carbocycles. The number of rotatable bonds is 5. The lowest BCUT2D eigenvalue weighted by molar-refractivity contribution is -0.117. The van der Waals surface area contributed by atoms with E-state index in [0.29, 0.717) is 24.7 Å². The van der Waals surface area contributed by atoms with Gasteiger partial charge in [0.2, 0.25) is 11.8 Å². The predicted octanol–water partition coefficient (Wildman–Crippen LogP) is 3.11. The summed E-state index contributed by atoms with van der Waals surface area (Å²) in [5, 5.41) is 2.87. The monoisotopic (exact) mass is 365 g/mol. The number of pyridine rings is 1. The van der Waals surface area contributed by atoms with Crippen molar-refractivity contribution in [2.24, 2.45) is 5.92 Å². The Balaban J connectivity index is 1.26. The summed E-state index contributed by atoms with van der Waals surface area (Å²) < 4.78 is 5.95. The highest BCUT2D eigenvalue weighted by Gasteiger charge is 2.29. The number of carbonyl (C=O) groups excluding carboxylic acids is 2. The van der Waals surface area contributed by atoms with Crippen molar-refractivity contribution in [3.63, 3.8) is 0 Å². The lowest BCUT2D eigenvalue weighted by atomic mass is 10.1. The number of nitrogens with one attached hydrogen (secondary N) is 1. The number of anilines is 1. The fourth-order valence-electron chi connectivity index (χ4n) is 3.22. The van der Waals surface area contributed by atoms with Gasteiger partial charge in [0.25, 0.3) is 5.91 Å². The molecule has 4 rings (SSSR count). The van der Waals surface area contributed by atoms with Crippen LogP contribution < -0.4 is 10.1 Å². The third-order valence-electron chi connectivity index (χ3n) is 4.99. The zero-order valence-corrected chi connectivity index (χ0v) is 15.1. The van der Waals surface area contributed by atoms with Gasteiger partial charge in [0.1, 0.15) is 6.10 Å². The van der Waals surface area contributed by atoms with Crippen LogP contribution in [0.3, 0.4) is 0 Å². The Morgan fingerprint density at radius 2 is 1.74 bits per heavy atom. The van der Waals surface area contributed by atoms with E-state index in [1.54, 1.807) is 12.3 Å². The molecule has 1 aromatic carbocycles. The molecule has 0 bridgehead atoms. The number of amides is 2. The average molecular weight is 365 g/mol. The van der Waals surface area contributed by atoms with E-state index in [-0.39, 0.29) is 23.8 Å². The van der Waals surface area contributed by atoms with Crippen molar-refractivity contribution in [1.29, 1.82) is 0 Å². The molecule has 2 aliphatic rings. The van der Waals surface area contributed by atoms with Gasteiger partial charge in [0.05, 0.1) is 11.9 Å². The molecule has 6 nitrogen and oxygen atoms in total. The minimum atomic E-state index is 0.0456. The molecule has 2 fully saturated rings. The Morgan fingerprint density at radius 1 is 1.00 bits per heavy atom. The summed E-state index contributed by atoms with van der Waals surface area (Å²) in [6, 6.07) is 13.0. The van der Waals surface area contributed by atoms with Crippen LogP contribution in [0.1, 0.15) is 36.0 Å². The largest absolute Gasteiger partial charge is 0.474 e. The van der Waals surface area contributed by atoms with Crippen LogP contribution in [0.15, 0.2) is 48.7 Å². The number of hydrogen-bond donors (Lipinski definition) is 1. The molecule has 2 heterocycles. The normalized spacial score (nSPS) is 17.4. The summed E-state index contributed by atoms with van der Waals surface area (Å²) in [5.41, 5.74) is 1.42.